The van der Waals surface area contributed by atoms with Crippen LogP contribution < -0.4 is 46.1 Å². The molecule has 1 atom stereocenters. The number of aromatic nitrogens is 3. The van der Waals surface area contributed by atoms with E-state index < -0.39 is 17.9 Å². The molecule has 6 heterocycles. The number of halogens is 1. The molecule has 4 amide bonds. The topological polar surface area (TPSA) is 192 Å². The number of imide groups is 1. The number of anilines is 4. The number of nitrogens with zero attached hydrogens (tertiary/aromatic N) is 6. The SMILES string of the molecule is CNC(=O)COc1cc2cc(Nc3nc(N4CCC(CN5CC6(CCN(c7ccc(C(=O)NC8CCC(=O)NC8=O)c(OC)c7)CC6)C5)CC4)ncc3Cl)ccc2n(C(C)C)c1=O. The lowest BCUT2D eigenvalue weighted by molar-refractivity contribution is -0.134. The summed E-state index contributed by atoms with van der Waals surface area (Å²) in [6, 6.07) is 12.0. The van der Waals surface area contributed by atoms with Crippen molar-refractivity contribution in [1.29, 1.82) is 0 Å². The third kappa shape index (κ3) is 9.54. The van der Waals surface area contributed by atoms with Gasteiger partial charge in [0.25, 0.3) is 17.4 Å². The van der Waals surface area contributed by atoms with Gasteiger partial charge in [0, 0.05) is 88.2 Å². The van der Waals surface area contributed by atoms with E-state index in [-0.39, 0.29) is 48.6 Å². The minimum absolute atomic E-state index is 0.0972. The standard InChI is InChI=1S/C45H55ClN10O7/c1-27(2)56-35-9-5-30(19-29(35)20-37(43(56)61)63-24-39(58)47-3)49-40-33(46)22-48-44(52-40)55-15-11-28(12-16-55)23-53-25-45(26-53)13-17-54(18-14-45)31-6-7-32(36(21-31)62-4)41(59)50-34-8-10-38(57)51-42(34)60/h5-7,9,19-22,27-28,34H,8,10-18,23-26H2,1-4H3,(H,47,58)(H,50,59)(H,48,49,52)(H,51,57,60). The number of nitrogens with one attached hydrogen (secondary N) is 4. The molecule has 4 aromatic rings. The summed E-state index contributed by atoms with van der Waals surface area (Å²) in [7, 11) is 3.05. The predicted octanol–water partition coefficient (Wildman–Crippen LogP) is 4.26. The average molecular weight is 883 g/mol. The lowest BCUT2D eigenvalue weighted by Crippen LogP contribution is -2.61. The highest BCUT2D eigenvalue weighted by molar-refractivity contribution is 6.33. The van der Waals surface area contributed by atoms with Crippen molar-refractivity contribution in [3.63, 3.8) is 0 Å². The lowest BCUT2D eigenvalue weighted by Gasteiger charge is -2.55. The zero-order valence-electron chi connectivity index (χ0n) is 36.2. The predicted molar refractivity (Wildman–Crippen MR) is 240 cm³/mol. The van der Waals surface area contributed by atoms with Crippen LogP contribution in [-0.2, 0) is 14.4 Å². The van der Waals surface area contributed by atoms with E-state index in [1.807, 2.05) is 44.2 Å². The number of likely N-dealkylation sites (tertiary alicyclic amines) is 1. The van der Waals surface area contributed by atoms with Gasteiger partial charge in [-0.3, -0.25) is 29.3 Å². The number of carbonyl (C=O) groups excluding carboxylic acids is 4. The monoisotopic (exact) mass is 882 g/mol. The van der Waals surface area contributed by atoms with Crippen molar-refractivity contribution < 1.29 is 28.7 Å². The Hall–Kier alpha value is -5.94. The first-order valence-corrected chi connectivity index (χ1v) is 22.1. The first kappa shape index (κ1) is 43.7. The summed E-state index contributed by atoms with van der Waals surface area (Å²) in [5.74, 6) is 0.688. The summed E-state index contributed by atoms with van der Waals surface area (Å²) in [5.41, 5.74) is 2.84. The van der Waals surface area contributed by atoms with E-state index in [0.717, 1.165) is 93.8 Å². The highest BCUT2D eigenvalue weighted by Crippen LogP contribution is 2.43. The number of ether oxygens (including phenoxy) is 2. The van der Waals surface area contributed by atoms with Crippen LogP contribution in [0.15, 0.2) is 53.5 Å². The number of rotatable bonds is 13. The van der Waals surface area contributed by atoms with Crippen LogP contribution >= 0.6 is 11.6 Å². The van der Waals surface area contributed by atoms with Crippen LogP contribution in [0.5, 0.6) is 11.5 Å². The van der Waals surface area contributed by atoms with Gasteiger partial charge in [-0.25, -0.2) is 4.98 Å². The van der Waals surface area contributed by atoms with E-state index in [2.05, 4.69) is 41.0 Å². The van der Waals surface area contributed by atoms with Crippen molar-refractivity contribution in [2.45, 2.75) is 64.5 Å². The number of hydrogen-bond acceptors (Lipinski definition) is 13. The fourth-order valence-corrected chi connectivity index (χ4v) is 9.50. The summed E-state index contributed by atoms with van der Waals surface area (Å²) in [6.45, 7) is 10.4. The van der Waals surface area contributed by atoms with Crippen molar-refractivity contribution in [1.82, 2.24) is 35.4 Å². The number of fused-ring (bicyclic) bond motifs is 1. The second-order valence-electron chi connectivity index (χ2n) is 17.5. The van der Waals surface area contributed by atoms with Crippen LogP contribution in [0, 0.1) is 11.3 Å². The molecule has 334 valence electrons. The quantitative estimate of drug-likeness (QED) is 0.140. The molecule has 1 unspecified atom stereocenters. The number of likely N-dealkylation sites (N-methyl/N-ethyl adjacent to an activating group) is 1. The maximum atomic E-state index is 13.2. The van der Waals surface area contributed by atoms with Gasteiger partial charge in [-0.05, 0) is 93.7 Å². The number of methoxy groups -OCH3 is 1. The average Bonchev–Trinajstić information content (AvgIpc) is 3.27. The smallest absolute Gasteiger partial charge is 0.293 e. The molecule has 18 heteroatoms. The van der Waals surface area contributed by atoms with E-state index in [1.165, 1.54) is 14.2 Å². The van der Waals surface area contributed by atoms with Crippen molar-refractivity contribution in [3.05, 3.63) is 69.6 Å². The summed E-state index contributed by atoms with van der Waals surface area (Å²) < 4.78 is 12.9. The number of hydrogen-bond donors (Lipinski definition) is 4. The van der Waals surface area contributed by atoms with Crippen LogP contribution in [0.25, 0.3) is 10.9 Å². The molecule has 4 saturated heterocycles. The van der Waals surface area contributed by atoms with Crippen LogP contribution in [-0.4, -0.2) is 116 Å². The van der Waals surface area contributed by atoms with Gasteiger partial charge in [0.1, 0.15) is 16.8 Å². The van der Waals surface area contributed by atoms with Gasteiger partial charge in [-0.15, -0.1) is 0 Å². The second kappa shape index (κ2) is 18.4. The minimum atomic E-state index is -0.754. The van der Waals surface area contributed by atoms with Crippen molar-refractivity contribution in [2.24, 2.45) is 11.3 Å². The first-order valence-electron chi connectivity index (χ1n) is 21.7. The molecule has 4 N–H and O–H groups in total. The molecule has 2 aromatic carbocycles. The highest BCUT2D eigenvalue weighted by atomic mass is 35.5. The van der Waals surface area contributed by atoms with Crippen molar-refractivity contribution in [3.8, 4) is 11.5 Å². The molecule has 4 aliphatic heterocycles. The number of pyridine rings is 1. The van der Waals surface area contributed by atoms with Crippen molar-refractivity contribution in [2.75, 3.05) is 81.7 Å². The van der Waals surface area contributed by atoms with E-state index in [4.69, 9.17) is 26.1 Å². The zero-order chi connectivity index (χ0) is 44.4. The van der Waals surface area contributed by atoms with Gasteiger partial charge in [0.2, 0.25) is 17.8 Å². The Kier molecular flexibility index (Phi) is 12.8. The van der Waals surface area contributed by atoms with Crippen LogP contribution in [0.4, 0.5) is 23.1 Å². The molecular weight excluding hydrogens is 828 g/mol. The van der Waals surface area contributed by atoms with Crippen molar-refractivity contribution >= 4 is 69.3 Å². The third-order valence-electron chi connectivity index (χ3n) is 12.8. The Bertz CT molecular complexity index is 2450. The number of piperidine rings is 3. The van der Waals surface area contributed by atoms with E-state index in [0.29, 0.717) is 39.4 Å². The molecule has 1 spiro atoms. The van der Waals surface area contributed by atoms with Gasteiger partial charge < -0.3 is 44.7 Å². The fourth-order valence-electron chi connectivity index (χ4n) is 9.36. The van der Waals surface area contributed by atoms with Crippen LogP contribution in [0.3, 0.4) is 0 Å². The molecule has 8 rings (SSSR count). The molecule has 4 aliphatic rings. The zero-order valence-corrected chi connectivity index (χ0v) is 36.9. The molecule has 0 saturated carbocycles. The van der Waals surface area contributed by atoms with E-state index in [1.54, 1.807) is 22.9 Å². The summed E-state index contributed by atoms with van der Waals surface area (Å²) >= 11 is 6.61. The molecule has 4 fully saturated rings. The Balaban J connectivity index is 0.816. The van der Waals surface area contributed by atoms with Gasteiger partial charge in [0.05, 0.1) is 24.4 Å². The summed E-state index contributed by atoms with van der Waals surface area (Å²) in [4.78, 5) is 78.4. The third-order valence-corrected chi connectivity index (χ3v) is 13.1. The minimum Gasteiger partial charge on any atom is -0.496 e. The molecule has 63 heavy (non-hydrogen) atoms. The Morgan fingerprint density at radius 1 is 0.968 bits per heavy atom. The van der Waals surface area contributed by atoms with Gasteiger partial charge >= 0.3 is 0 Å². The number of amides is 4. The summed E-state index contributed by atoms with van der Waals surface area (Å²) in [6.07, 6.45) is 6.37. The number of carbonyl (C=O) groups is 4. The maximum absolute atomic E-state index is 13.2. The van der Waals surface area contributed by atoms with Gasteiger partial charge in [0.15, 0.2) is 18.2 Å². The largest absolute Gasteiger partial charge is 0.496 e. The molecule has 0 bridgehead atoms. The highest BCUT2D eigenvalue weighted by Gasteiger charge is 2.45. The summed E-state index contributed by atoms with van der Waals surface area (Å²) in [5, 5.41) is 12.0. The Morgan fingerprint density at radius 3 is 2.43 bits per heavy atom. The lowest BCUT2D eigenvalue weighted by atomic mass is 9.71. The van der Waals surface area contributed by atoms with Crippen LogP contribution in [0.1, 0.15) is 68.8 Å². The Labute approximate surface area is 370 Å². The second-order valence-corrected chi connectivity index (χ2v) is 17.9. The van der Waals surface area contributed by atoms with Gasteiger partial charge in [-0.2, -0.15) is 4.98 Å². The molecule has 0 radical (unpaired) electrons. The van der Waals surface area contributed by atoms with E-state index in [9.17, 15) is 24.0 Å². The maximum Gasteiger partial charge on any atom is 0.293 e. The van der Waals surface area contributed by atoms with Gasteiger partial charge in [-0.1, -0.05) is 11.6 Å². The fraction of sp³-hybridized carbons (Fsp3) is 0.489. The first-order chi connectivity index (χ1) is 30.3. The molecule has 0 aliphatic carbocycles. The molecular formula is C45H55ClN10O7. The van der Waals surface area contributed by atoms with Crippen LogP contribution in [0.2, 0.25) is 5.02 Å². The number of benzene rings is 2. The molecule has 17 nitrogen and oxygen atoms in total. The molecule has 2 aromatic heterocycles. The van der Waals surface area contributed by atoms with E-state index >= 15 is 0 Å². The Morgan fingerprint density at radius 2 is 1.73 bits per heavy atom. The normalized spacial score (nSPS) is 19.2.